The van der Waals surface area contributed by atoms with E-state index < -0.39 is 5.82 Å². The van der Waals surface area contributed by atoms with Gasteiger partial charge in [-0.05, 0) is 37.5 Å². The summed E-state index contributed by atoms with van der Waals surface area (Å²) >= 11 is 0. The number of H-pyrrole nitrogens is 1. The average Bonchev–Trinajstić information content (AvgIpc) is 3.54. The minimum absolute atomic E-state index is 0.0933. The maximum Gasteiger partial charge on any atom is 0.318 e. The number of aromatic amines is 1. The largest absolute Gasteiger partial charge is 0.459 e. The molecular formula is C27H31FN10O. The van der Waals surface area contributed by atoms with Crippen LogP contribution in [-0.2, 0) is 6.54 Å². The summed E-state index contributed by atoms with van der Waals surface area (Å²) in [5.41, 5.74) is 17.4. The predicted molar refractivity (Wildman–Crippen MR) is 149 cm³/mol. The number of rotatable bonds is 8. The summed E-state index contributed by atoms with van der Waals surface area (Å²) in [7, 11) is 1.82. The molecular weight excluding hydrogens is 499 g/mol. The number of allylic oxidation sites excluding steroid dienone is 1. The van der Waals surface area contributed by atoms with E-state index in [0.717, 1.165) is 64.7 Å². The Balaban J connectivity index is 1.34. The van der Waals surface area contributed by atoms with Crippen molar-refractivity contribution in [1.82, 2.24) is 35.1 Å². The Morgan fingerprint density at radius 1 is 1.31 bits per heavy atom. The number of ether oxygens (including phenoxy) is 1. The van der Waals surface area contributed by atoms with E-state index in [1.807, 2.05) is 33.2 Å². The van der Waals surface area contributed by atoms with Crippen molar-refractivity contribution in [2.45, 2.75) is 32.9 Å². The van der Waals surface area contributed by atoms with Crippen LogP contribution < -0.4 is 21.5 Å². The number of aryl methyl sites for hydroxylation is 1. The number of fused-ring (bicyclic) bond motifs is 1. The van der Waals surface area contributed by atoms with E-state index in [1.54, 1.807) is 12.3 Å². The minimum Gasteiger partial charge on any atom is -0.459 e. The summed E-state index contributed by atoms with van der Waals surface area (Å²) in [6.45, 7) is 6.15. The average molecular weight is 531 g/mol. The van der Waals surface area contributed by atoms with Crippen molar-refractivity contribution in [3.8, 4) is 17.3 Å². The van der Waals surface area contributed by atoms with Crippen molar-refractivity contribution in [2.24, 2.45) is 10.7 Å². The molecule has 202 valence electrons. The van der Waals surface area contributed by atoms with Gasteiger partial charge in [0.05, 0.1) is 17.4 Å². The zero-order valence-electron chi connectivity index (χ0n) is 22.1. The zero-order chi connectivity index (χ0) is 27.5. The number of hydrogen-bond acceptors (Lipinski definition) is 9. The number of anilines is 1. The van der Waals surface area contributed by atoms with Gasteiger partial charge in [0.2, 0.25) is 0 Å². The van der Waals surface area contributed by atoms with Gasteiger partial charge in [-0.25, -0.2) is 19.3 Å². The lowest BCUT2D eigenvalue weighted by Gasteiger charge is -2.17. The Morgan fingerprint density at radius 3 is 2.95 bits per heavy atom. The summed E-state index contributed by atoms with van der Waals surface area (Å²) in [5.74, 6) is -0.254. The fraction of sp³-hybridized carbons (Fsp3) is 0.296. The number of nitrogens with zero attached hydrogens (tertiary/aromatic N) is 6. The molecule has 0 aliphatic carbocycles. The Hall–Kier alpha value is -4.58. The Labute approximate surface area is 225 Å². The Morgan fingerprint density at radius 2 is 2.15 bits per heavy atom. The molecule has 0 saturated carbocycles. The number of amidine groups is 1. The fourth-order valence-electron chi connectivity index (χ4n) is 4.59. The molecule has 0 radical (unpaired) electrons. The SMILES string of the molecule is CN/C(C)=C\C(N)=N/c1ncc(C)c(-c2c[nH]c3c(CN4CCC(Oc5ncc(F)c(N)n5)C4)cccc23)n1. The highest BCUT2D eigenvalue weighted by Gasteiger charge is 2.26. The second-order valence-electron chi connectivity index (χ2n) is 9.51. The standard InChI is InChI=1S/C27H31FN10O/c1-15-10-33-26(35-22(29)9-16(2)31-3)36-23(15)20-11-32-24-17(5-4-6-19(20)24)13-38-8-7-18(14-38)39-27-34-12-21(28)25(30)37-27/h4-6,9-12,18,31-32H,7-8,13-14H2,1-3H3,(H2,30,34,37)(H2,29,33,35,36)/b16-9-. The van der Waals surface area contributed by atoms with Gasteiger partial charge in [-0.15, -0.1) is 0 Å². The number of para-hydroxylation sites is 1. The van der Waals surface area contributed by atoms with Crippen LogP contribution in [0.1, 0.15) is 24.5 Å². The van der Waals surface area contributed by atoms with Crippen LogP contribution in [0.25, 0.3) is 22.2 Å². The highest BCUT2D eigenvalue weighted by atomic mass is 19.1. The number of nitrogens with one attached hydrogen (secondary N) is 2. The quantitative estimate of drug-likeness (QED) is 0.198. The molecule has 4 heterocycles. The molecule has 39 heavy (non-hydrogen) atoms. The van der Waals surface area contributed by atoms with Gasteiger partial charge in [-0.3, -0.25) is 4.90 Å². The molecule has 1 aliphatic rings. The molecule has 12 heteroatoms. The van der Waals surface area contributed by atoms with Crippen molar-refractivity contribution >= 4 is 28.5 Å². The van der Waals surface area contributed by atoms with Gasteiger partial charge in [0.15, 0.2) is 11.6 Å². The van der Waals surface area contributed by atoms with Crippen LogP contribution in [0.3, 0.4) is 0 Å². The number of nitrogens with two attached hydrogens (primary N) is 2. The first-order valence-corrected chi connectivity index (χ1v) is 12.6. The predicted octanol–water partition coefficient (Wildman–Crippen LogP) is 3.21. The van der Waals surface area contributed by atoms with Gasteiger partial charge >= 0.3 is 6.01 Å². The summed E-state index contributed by atoms with van der Waals surface area (Å²) in [5, 5.41) is 4.08. The Bertz CT molecular complexity index is 1560. The van der Waals surface area contributed by atoms with Gasteiger partial charge in [0.25, 0.3) is 5.95 Å². The third-order valence-electron chi connectivity index (χ3n) is 6.65. The molecule has 3 aromatic heterocycles. The van der Waals surface area contributed by atoms with Crippen molar-refractivity contribution < 1.29 is 9.13 Å². The van der Waals surface area contributed by atoms with Crippen molar-refractivity contribution in [2.75, 3.05) is 25.9 Å². The van der Waals surface area contributed by atoms with E-state index in [2.05, 4.69) is 47.3 Å². The molecule has 11 nitrogen and oxygen atoms in total. The molecule has 0 amide bonds. The maximum absolute atomic E-state index is 13.4. The summed E-state index contributed by atoms with van der Waals surface area (Å²) in [4.78, 5) is 26.9. The number of nitrogen functional groups attached to an aromatic ring is 1. The lowest BCUT2D eigenvalue weighted by atomic mass is 10.0. The smallest absolute Gasteiger partial charge is 0.318 e. The van der Waals surface area contributed by atoms with Crippen LogP contribution in [0.4, 0.5) is 16.2 Å². The molecule has 1 saturated heterocycles. The van der Waals surface area contributed by atoms with E-state index in [0.29, 0.717) is 18.3 Å². The van der Waals surface area contributed by atoms with E-state index >= 15 is 0 Å². The lowest BCUT2D eigenvalue weighted by Crippen LogP contribution is -2.25. The molecule has 1 unspecified atom stereocenters. The zero-order valence-corrected chi connectivity index (χ0v) is 22.1. The summed E-state index contributed by atoms with van der Waals surface area (Å²) in [6, 6.07) is 6.33. The van der Waals surface area contributed by atoms with Crippen molar-refractivity contribution in [3.05, 3.63) is 65.5 Å². The topological polar surface area (TPSA) is 156 Å². The van der Waals surface area contributed by atoms with Crippen LogP contribution in [0, 0.1) is 12.7 Å². The third kappa shape index (κ3) is 5.80. The van der Waals surface area contributed by atoms with Gasteiger partial charge < -0.3 is 26.5 Å². The summed E-state index contributed by atoms with van der Waals surface area (Å²) in [6.07, 6.45) is 7.19. The molecule has 0 spiro atoms. The first-order chi connectivity index (χ1) is 18.8. The number of aromatic nitrogens is 5. The number of benzene rings is 1. The van der Waals surface area contributed by atoms with E-state index in [-0.39, 0.29) is 17.9 Å². The molecule has 0 bridgehead atoms. The van der Waals surface area contributed by atoms with Crippen LogP contribution in [0.2, 0.25) is 0 Å². The molecule has 1 atom stereocenters. The fourth-order valence-corrected chi connectivity index (χ4v) is 4.59. The second-order valence-corrected chi connectivity index (χ2v) is 9.51. The highest BCUT2D eigenvalue weighted by molar-refractivity contribution is 5.97. The van der Waals surface area contributed by atoms with Crippen LogP contribution in [-0.4, -0.2) is 61.9 Å². The first-order valence-electron chi connectivity index (χ1n) is 12.6. The first kappa shape index (κ1) is 26.0. The van der Waals surface area contributed by atoms with E-state index in [4.69, 9.17) is 21.2 Å². The maximum atomic E-state index is 13.4. The molecule has 1 fully saturated rings. The van der Waals surface area contributed by atoms with Gasteiger partial charge in [0, 0.05) is 55.7 Å². The number of likely N-dealkylation sites (tertiary alicyclic amines) is 1. The molecule has 4 aromatic rings. The van der Waals surface area contributed by atoms with E-state index in [9.17, 15) is 4.39 Å². The monoisotopic (exact) mass is 530 g/mol. The number of halogens is 1. The van der Waals surface area contributed by atoms with Crippen LogP contribution in [0.15, 0.2) is 53.6 Å². The second kappa shape index (κ2) is 11.0. The van der Waals surface area contributed by atoms with Crippen LogP contribution >= 0.6 is 0 Å². The molecule has 5 rings (SSSR count). The minimum atomic E-state index is -0.657. The van der Waals surface area contributed by atoms with Crippen molar-refractivity contribution in [1.29, 1.82) is 0 Å². The normalized spacial score (nSPS) is 16.7. The Kier molecular flexibility index (Phi) is 7.37. The third-order valence-corrected chi connectivity index (χ3v) is 6.65. The molecule has 1 aromatic carbocycles. The highest BCUT2D eigenvalue weighted by Crippen LogP contribution is 2.32. The van der Waals surface area contributed by atoms with E-state index in [1.165, 1.54) is 0 Å². The summed E-state index contributed by atoms with van der Waals surface area (Å²) < 4.78 is 19.2. The van der Waals surface area contributed by atoms with Gasteiger partial charge in [-0.1, -0.05) is 18.2 Å². The lowest BCUT2D eigenvalue weighted by molar-refractivity contribution is 0.183. The number of aliphatic imine (C=N–C) groups is 1. The van der Waals surface area contributed by atoms with Crippen LogP contribution in [0.5, 0.6) is 6.01 Å². The molecule has 6 N–H and O–H groups in total. The van der Waals surface area contributed by atoms with Gasteiger partial charge in [0.1, 0.15) is 11.9 Å². The number of hydrogen-bond donors (Lipinski definition) is 4. The molecule has 1 aliphatic heterocycles. The van der Waals surface area contributed by atoms with Crippen molar-refractivity contribution in [3.63, 3.8) is 0 Å². The van der Waals surface area contributed by atoms with Gasteiger partial charge in [-0.2, -0.15) is 9.98 Å².